The molecule has 1 fully saturated rings. The zero-order valence-corrected chi connectivity index (χ0v) is 13.9. The Balaban J connectivity index is 2.04. The van der Waals surface area contributed by atoms with Gasteiger partial charge in [0, 0.05) is 25.5 Å². The molecule has 0 bridgehead atoms. The topological polar surface area (TPSA) is 72.3 Å². The second-order valence-corrected chi connectivity index (χ2v) is 5.93. The number of hydrogen-bond donors (Lipinski definition) is 1. The molecule has 1 N–H and O–H groups in total. The van der Waals surface area contributed by atoms with Crippen LogP contribution in [0, 0.1) is 18.3 Å². The Bertz CT molecular complexity index is 626. The van der Waals surface area contributed by atoms with Gasteiger partial charge in [0.05, 0.1) is 0 Å². The maximum atomic E-state index is 12.5. The van der Waals surface area contributed by atoms with Gasteiger partial charge < -0.3 is 15.1 Å². The van der Waals surface area contributed by atoms with E-state index in [1.807, 2.05) is 25.1 Å². The van der Waals surface area contributed by atoms with Gasteiger partial charge in [-0.2, -0.15) is 5.26 Å². The maximum absolute atomic E-state index is 12.5. The summed E-state index contributed by atoms with van der Waals surface area (Å²) in [5.41, 5.74) is 1.05. The van der Waals surface area contributed by atoms with E-state index in [1.54, 1.807) is 18.1 Å². The van der Waals surface area contributed by atoms with Crippen molar-refractivity contribution in [1.29, 1.82) is 5.26 Å². The molecule has 0 atom stereocenters. The molecule has 0 unspecified atom stereocenters. The van der Waals surface area contributed by atoms with Gasteiger partial charge >= 0.3 is 0 Å². The van der Waals surface area contributed by atoms with Crippen molar-refractivity contribution in [3.63, 3.8) is 0 Å². The Morgan fingerprint density at radius 3 is 2.83 bits per heavy atom. The number of carbonyl (C=O) groups is 1. The van der Waals surface area contributed by atoms with Gasteiger partial charge in [0.15, 0.2) is 0 Å². The van der Waals surface area contributed by atoms with Crippen molar-refractivity contribution in [2.24, 2.45) is 0 Å². The van der Waals surface area contributed by atoms with E-state index in [0.29, 0.717) is 5.82 Å². The highest BCUT2D eigenvalue weighted by molar-refractivity contribution is 5.97. The molecule has 122 valence electrons. The monoisotopic (exact) mass is 313 g/mol. The lowest BCUT2D eigenvalue weighted by atomic mass is 10.0. The number of likely N-dealkylation sites (N-methyl/N-ethyl adjacent to an activating group) is 1. The highest BCUT2D eigenvalue weighted by Crippen LogP contribution is 2.16. The number of rotatable bonds is 4. The van der Waals surface area contributed by atoms with E-state index < -0.39 is 0 Å². The van der Waals surface area contributed by atoms with Crippen LogP contribution in [0.1, 0.15) is 18.4 Å². The van der Waals surface area contributed by atoms with Crippen molar-refractivity contribution in [3.8, 4) is 6.07 Å². The zero-order chi connectivity index (χ0) is 16.8. The SMILES string of the molecule is Cc1cccnc1N/C=C(/C#N)C(=O)N(C)C1CCN(C)CC1. The number of nitriles is 1. The summed E-state index contributed by atoms with van der Waals surface area (Å²) in [6, 6.07) is 5.94. The van der Waals surface area contributed by atoms with Crippen LogP contribution >= 0.6 is 0 Å². The Hall–Kier alpha value is -2.39. The molecule has 2 heterocycles. The first-order valence-corrected chi connectivity index (χ1v) is 7.77. The number of aryl methyl sites for hydroxylation is 1. The van der Waals surface area contributed by atoms with E-state index in [9.17, 15) is 10.1 Å². The highest BCUT2D eigenvalue weighted by Gasteiger charge is 2.25. The number of nitrogens with zero attached hydrogens (tertiary/aromatic N) is 4. The molecule has 1 aliphatic rings. The lowest BCUT2D eigenvalue weighted by Gasteiger charge is -2.34. The van der Waals surface area contributed by atoms with E-state index in [2.05, 4.69) is 22.2 Å². The van der Waals surface area contributed by atoms with Gasteiger partial charge in [-0.05, 0) is 51.5 Å². The van der Waals surface area contributed by atoms with Crippen molar-refractivity contribution in [2.75, 3.05) is 32.5 Å². The number of carbonyl (C=O) groups excluding carboxylic acids is 1. The van der Waals surface area contributed by atoms with Gasteiger partial charge in [-0.1, -0.05) is 6.07 Å². The molecule has 6 nitrogen and oxygen atoms in total. The van der Waals surface area contributed by atoms with E-state index >= 15 is 0 Å². The molecule has 6 heteroatoms. The third-order valence-corrected chi connectivity index (χ3v) is 4.27. The normalized spacial score (nSPS) is 16.7. The quantitative estimate of drug-likeness (QED) is 0.677. The van der Waals surface area contributed by atoms with E-state index in [-0.39, 0.29) is 17.5 Å². The van der Waals surface area contributed by atoms with Gasteiger partial charge in [0.2, 0.25) is 0 Å². The molecule has 1 aromatic rings. The summed E-state index contributed by atoms with van der Waals surface area (Å²) in [6.45, 7) is 3.86. The van der Waals surface area contributed by atoms with Crippen LogP contribution in [-0.4, -0.2) is 53.9 Å². The molecule has 0 aliphatic carbocycles. The number of hydrogen-bond acceptors (Lipinski definition) is 5. The average molecular weight is 313 g/mol. The highest BCUT2D eigenvalue weighted by atomic mass is 16.2. The van der Waals surface area contributed by atoms with Crippen LogP contribution in [0.3, 0.4) is 0 Å². The van der Waals surface area contributed by atoms with Gasteiger partial charge in [-0.3, -0.25) is 4.79 Å². The number of nitrogens with one attached hydrogen (secondary N) is 1. The van der Waals surface area contributed by atoms with E-state index in [1.165, 1.54) is 6.20 Å². The van der Waals surface area contributed by atoms with Crippen molar-refractivity contribution < 1.29 is 4.79 Å². The smallest absolute Gasteiger partial charge is 0.266 e. The summed E-state index contributed by atoms with van der Waals surface area (Å²) in [4.78, 5) is 20.7. The Labute approximate surface area is 137 Å². The van der Waals surface area contributed by atoms with E-state index in [0.717, 1.165) is 31.5 Å². The minimum absolute atomic E-state index is 0.0940. The molecule has 0 radical (unpaired) electrons. The maximum Gasteiger partial charge on any atom is 0.266 e. The molecule has 0 spiro atoms. The summed E-state index contributed by atoms with van der Waals surface area (Å²) >= 11 is 0. The first-order chi connectivity index (χ1) is 11.0. The van der Waals surface area contributed by atoms with Gasteiger partial charge in [0.1, 0.15) is 17.5 Å². The Morgan fingerprint density at radius 2 is 2.22 bits per heavy atom. The van der Waals surface area contributed by atoms with Crippen LogP contribution in [0.25, 0.3) is 0 Å². The molecule has 23 heavy (non-hydrogen) atoms. The zero-order valence-electron chi connectivity index (χ0n) is 13.9. The Kier molecular flexibility index (Phi) is 5.72. The lowest BCUT2D eigenvalue weighted by Crippen LogP contribution is -2.44. The summed E-state index contributed by atoms with van der Waals surface area (Å²) in [7, 11) is 3.85. The minimum atomic E-state index is -0.247. The van der Waals surface area contributed by atoms with Crippen LogP contribution < -0.4 is 5.32 Å². The molecule has 1 saturated heterocycles. The first-order valence-electron chi connectivity index (χ1n) is 7.77. The summed E-state index contributed by atoms with van der Waals surface area (Å²) in [5.74, 6) is 0.401. The minimum Gasteiger partial charge on any atom is -0.345 e. The first kappa shape index (κ1) is 17.0. The molecule has 1 aromatic heterocycles. The van der Waals surface area contributed by atoms with Gasteiger partial charge in [-0.15, -0.1) is 0 Å². The van der Waals surface area contributed by atoms with Crippen molar-refractivity contribution in [1.82, 2.24) is 14.8 Å². The molecule has 2 rings (SSSR count). The fourth-order valence-corrected chi connectivity index (χ4v) is 2.66. The third-order valence-electron chi connectivity index (χ3n) is 4.27. The van der Waals surface area contributed by atoms with Crippen molar-refractivity contribution in [3.05, 3.63) is 35.7 Å². The van der Waals surface area contributed by atoms with Crippen LogP contribution in [0.2, 0.25) is 0 Å². The summed E-state index contributed by atoms with van der Waals surface area (Å²) in [5, 5.41) is 12.3. The van der Waals surface area contributed by atoms with Crippen molar-refractivity contribution >= 4 is 11.7 Å². The molecule has 1 aliphatic heterocycles. The second-order valence-electron chi connectivity index (χ2n) is 5.93. The summed E-state index contributed by atoms with van der Waals surface area (Å²) in [6.07, 6.45) is 4.99. The fraction of sp³-hybridized carbons (Fsp3) is 0.471. The van der Waals surface area contributed by atoms with Crippen LogP contribution in [-0.2, 0) is 4.79 Å². The van der Waals surface area contributed by atoms with Gasteiger partial charge in [0.25, 0.3) is 5.91 Å². The standard InChI is InChI=1S/C17H23N5O/c1-13-5-4-8-19-16(13)20-12-14(11-18)17(23)22(3)15-6-9-21(2)10-7-15/h4-5,8,12,15H,6-7,9-10H2,1-3H3,(H,19,20)/b14-12-. The molecule has 1 amide bonds. The molecule has 0 saturated carbocycles. The van der Waals surface area contributed by atoms with Crippen molar-refractivity contribution in [2.45, 2.75) is 25.8 Å². The largest absolute Gasteiger partial charge is 0.345 e. The van der Waals surface area contributed by atoms with E-state index in [4.69, 9.17) is 0 Å². The number of likely N-dealkylation sites (tertiary alicyclic amines) is 1. The van der Waals surface area contributed by atoms with Crippen LogP contribution in [0.15, 0.2) is 30.1 Å². The number of anilines is 1. The second kappa shape index (κ2) is 7.75. The van der Waals surface area contributed by atoms with Crippen LogP contribution in [0.5, 0.6) is 0 Å². The number of amides is 1. The molecular formula is C17H23N5O. The van der Waals surface area contributed by atoms with Gasteiger partial charge in [-0.25, -0.2) is 4.98 Å². The average Bonchev–Trinajstić information content (AvgIpc) is 2.56. The number of pyridine rings is 1. The lowest BCUT2D eigenvalue weighted by molar-refractivity contribution is -0.128. The third kappa shape index (κ3) is 4.30. The summed E-state index contributed by atoms with van der Waals surface area (Å²) < 4.78 is 0. The predicted octanol–water partition coefficient (Wildman–Crippen LogP) is 1.76. The van der Waals surface area contributed by atoms with Crippen LogP contribution in [0.4, 0.5) is 5.82 Å². The molecular weight excluding hydrogens is 290 g/mol. The predicted molar refractivity (Wildman–Crippen MR) is 89.6 cm³/mol. The fourth-order valence-electron chi connectivity index (χ4n) is 2.66. The molecule has 0 aromatic carbocycles. The Morgan fingerprint density at radius 1 is 1.52 bits per heavy atom. The number of aromatic nitrogens is 1. The number of piperidine rings is 1.